The highest BCUT2D eigenvalue weighted by Gasteiger charge is 2.31. The van der Waals surface area contributed by atoms with Gasteiger partial charge < -0.3 is 4.74 Å². The Morgan fingerprint density at radius 3 is 2.04 bits per heavy atom. The molecule has 0 unspecified atom stereocenters. The van der Waals surface area contributed by atoms with Gasteiger partial charge in [-0.3, -0.25) is 0 Å². The fourth-order valence-corrected chi connectivity index (χ4v) is 2.44. The van der Waals surface area contributed by atoms with Crippen LogP contribution in [0.1, 0.15) is 21.5 Å². The van der Waals surface area contributed by atoms with Crippen molar-refractivity contribution < 1.29 is 22.7 Å². The van der Waals surface area contributed by atoms with Crippen molar-refractivity contribution in [3.05, 3.63) is 89.5 Å². The fourth-order valence-electron chi connectivity index (χ4n) is 2.44. The first kappa shape index (κ1) is 18.2. The van der Waals surface area contributed by atoms with E-state index in [9.17, 15) is 18.0 Å². The third-order valence-corrected chi connectivity index (χ3v) is 3.84. The van der Waals surface area contributed by atoms with E-state index in [2.05, 4.69) is 0 Å². The molecule has 0 aliphatic rings. The van der Waals surface area contributed by atoms with Gasteiger partial charge in [-0.25, -0.2) is 4.79 Å². The first-order chi connectivity index (χ1) is 12.9. The molecule has 3 rings (SSSR count). The van der Waals surface area contributed by atoms with E-state index in [4.69, 9.17) is 10.00 Å². The molecule has 0 saturated heterocycles. The number of alkyl halides is 3. The molecule has 0 fully saturated rings. The van der Waals surface area contributed by atoms with Crippen LogP contribution in [0.4, 0.5) is 13.2 Å². The van der Waals surface area contributed by atoms with Crippen LogP contribution in [0.5, 0.6) is 5.75 Å². The molecule has 0 spiro atoms. The van der Waals surface area contributed by atoms with E-state index in [1.54, 1.807) is 48.5 Å². The van der Waals surface area contributed by atoms with Crippen LogP contribution < -0.4 is 4.74 Å². The smallest absolute Gasteiger partial charge is 0.416 e. The molecule has 0 aliphatic carbocycles. The second-order valence-corrected chi connectivity index (χ2v) is 5.68. The first-order valence-corrected chi connectivity index (χ1v) is 7.87. The Balaban J connectivity index is 1.74. The second-order valence-electron chi connectivity index (χ2n) is 5.68. The molecule has 3 aromatic rings. The summed E-state index contributed by atoms with van der Waals surface area (Å²) in [7, 11) is 0. The lowest BCUT2D eigenvalue weighted by Crippen LogP contribution is -2.11. The third-order valence-electron chi connectivity index (χ3n) is 3.84. The quantitative estimate of drug-likeness (QED) is 0.456. The van der Waals surface area contributed by atoms with Gasteiger partial charge in [0, 0.05) is 0 Å². The van der Waals surface area contributed by atoms with Gasteiger partial charge in [0.25, 0.3) is 0 Å². The van der Waals surface area contributed by atoms with Gasteiger partial charge in [-0.1, -0.05) is 30.3 Å². The number of carbonyl (C=O) groups excluding carboxylic acids is 1. The fraction of sp³-hybridized carbons (Fsp3) is 0.0476. The molecular weight excluding hydrogens is 355 g/mol. The standard InChI is InChI=1S/C21H12F3NO2/c22-21(23,24)18-3-1-2-17(12-18)20(26)27-19-10-8-16(9-11-19)15-6-4-14(13-25)5-7-15/h1-12H. The van der Waals surface area contributed by atoms with Gasteiger partial charge in [-0.2, -0.15) is 18.4 Å². The van der Waals surface area contributed by atoms with E-state index in [0.717, 1.165) is 29.3 Å². The number of nitrogens with zero attached hydrogens (tertiary/aromatic N) is 1. The summed E-state index contributed by atoms with van der Waals surface area (Å²) in [6.45, 7) is 0. The van der Waals surface area contributed by atoms with Crippen LogP contribution in [-0.2, 0) is 6.18 Å². The highest BCUT2D eigenvalue weighted by atomic mass is 19.4. The normalized spacial score (nSPS) is 10.9. The molecule has 0 amide bonds. The van der Waals surface area contributed by atoms with Crippen LogP contribution >= 0.6 is 0 Å². The maximum Gasteiger partial charge on any atom is 0.416 e. The van der Waals surface area contributed by atoms with Crippen molar-refractivity contribution in [2.45, 2.75) is 6.18 Å². The number of esters is 1. The molecule has 0 aromatic heterocycles. The third kappa shape index (κ3) is 4.33. The number of benzene rings is 3. The van der Waals surface area contributed by atoms with Crippen LogP contribution in [0.15, 0.2) is 72.8 Å². The van der Waals surface area contributed by atoms with Crippen molar-refractivity contribution in [2.24, 2.45) is 0 Å². The lowest BCUT2D eigenvalue weighted by molar-refractivity contribution is -0.137. The van der Waals surface area contributed by atoms with Crippen LogP contribution in [0.2, 0.25) is 0 Å². The SMILES string of the molecule is N#Cc1ccc(-c2ccc(OC(=O)c3cccc(C(F)(F)F)c3)cc2)cc1. The highest BCUT2D eigenvalue weighted by molar-refractivity contribution is 5.91. The number of carbonyl (C=O) groups is 1. The summed E-state index contributed by atoms with van der Waals surface area (Å²) < 4.78 is 43.4. The summed E-state index contributed by atoms with van der Waals surface area (Å²) in [4.78, 5) is 12.1. The molecule has 6 heteroatoms. The summed E-state index contributed by atoms with van der Waals surface area (Å²) in [5, 5.41) is 8.81. The largest absolute Gasteiger partial charge is 0.423 e. The van der Waals surface area contributed by atoms with E-state index in [1.165, 1.54) is 6.07 Å². The summed E-state index contributed by atoms with van der Waals surface area (Å²) in [6.07, 6.45) is -4.53. The Kier molecular flexibility index (Phi) is 4.95. The Hall–Kier alpha value is -3.59. The minimum atomic E-state index is -4.53. The molecule has 0 aliphatic heterocycles. The van der Waals surface area contributed by atoms with Crippen LogP contribution in [-0.4, -0.2) is 5.97 Å². The maximum absolute atomic E-state index is 12.7. The average molecular weight is 367 g/mol. The van der Waals surface area contributed by atoms with Gasteiger partial charge in [-0.05, 0) is 53.6 Å². The minimum absolute atomic E-state index is 0.180. The van der Waals surface area contributed by atoms with E-state index < -0.39 is 17.7 Å². The number of ether oxygens (including phenoxy) is 1. The average Bonchev–Trinajstić information content (AvgIpc) is 2.68. The van der Waals surface area contributed by atoms with Crippen LogP contribution in [0, 0.1) is 11.3 Å². The second kappa shape index (κ2) is 7.34. The van der Waals surface area contributed by atoms with Gasteiger partial charge in [0.1, 0.15) is 5.75 Å². The van der Waals surface area contributed by atoms with E-state index >= 15 is 0 Å². The number of rotatable bonds is 3. The Bertz CT molecular complexity index is 1000. The molecule has 3 nitrogen and oxygen atoms in total. The molecule has 0 N–H and O–H groups in total. The highest BCUT2D eigenvalue weighted by Crippen LogP contribution is 2.30. The van der Waals surface area contributed by atoms with Crippen LogP contribution in [0.3, 0.4) is 0 Å². The molecule has 0 heterocycles. The van der Waals surface area contributed by atoms with Gasteiger partial charge in [0.05, 0.1) is 22.8 Å². The van der Waals surface area contributed by atoms with Crippen molar-refractivity contribution in [2.75, 3.05) is 0 Å². The minimum Gasteiger partial charge on any atom is -0.423 e. The maximum atomic E-state index is 12.7. The zero-order valence-electron chi connectivity index (χ0n) is 13.8. The van der Waals surface area contributed by atoms with Crippen molar-refractivity contribution >= 4 is 5.97 Å². The predicted molar refractivity (Wildman–Crippen MR) is 93.0 cm³/mol. The Labute approximate surface area is 153 Å². The van der Waals surface area contributed by atoms with Crippen molar-refractivity contribution in [3.63, 3.8) is 0 Å². The Morgan fingerprint density at radius 2 is 1.48 bits per heavy atom. The van der Waals surface area contributed by atoms with Crippen LogP contribution in [0.25, 0.3) is 11.1 Å². The van der Waals surface area contributed by atoms with E-state index in [0.29, 0.717) is 5.56 Å². The van der Waals surface area contributed by atoms with Gasteiger partial charge in [-0.15, -0.1) is 0 Å². The first-order valence-electron chi connectivity index (χ1n) is 7.87. The molecule has 27 heavy (non-hydrogen) atoms. The lowest BCUT2D eigenvalue weighted by atomic mass is 10.0. The zero-order chi connectivity index (χ0) is 19.4. The molecule has 134 valence electrons. The summed E-state index contributed by atoms with van der Waals surface area (Å²) in [5.74, 6) is -0.651. The lowest BCUT2D eigenvalue weighted by Gasteiger charge is -2.09. The molecule has 3 aromatic carbocycles. The van der Waals surface area contributed by atoms with Crippen molar-refractivity contribution in [1.29, 1.82) is 5.26 Å². The van der Waals surface area contributed by atoms with Crippen molar-refractivity contribution in [1.82, 2.24) is 0 Å². The number of hydrogen-bond donors (Lipinski definition) is 0. The van der Waals surface area contributed by atoms with Gasteiger partial charge >= 0.3 is 12.1 Å². The molecule has 0 bridgehead atoms. The molecular formula is C21H12F3NO2. The number of halogens is 3. The van der Waals surface area contributed by atoms with E-state index in [-0.39, 0.29) is 11.3 Å². The topological polar surface area (TPSA) is 50.1 Å². The van der Waals surface area contributed by atoms with Gasteiger partial charge in [0.15, 0.2) is 0 Å². The molecule has 0 radical (unpaired) electrons. The summed E-state index contributed by atoms with van der Waals surface area (Å²) in [5.41, 5.74) is 1.18. The summed E-state index contributed by atoms with van der Waals surface area (Å²) in [6, 6.07) is 19.6. The number of nitriles is 1. The zero-order valence-corrected chi connectivity index (χ0v) is 13.8. The molecule has 0 saturated carbocycles. The van der Waals surface area contributed by atoms with Crippen molar-refractivity contribution in [3.8, 4) is 22.9 Å². The molecule has 0 atom stereocenters. The number of hydrogen-bond acceptors (Lipinski definition) is 3. The van der Waals surface area contributed by atoms with E-state index in [1.807, 2.05) is 6.07 Å². The van der Waals surface area contributed by atoms with Gasteiger partial charge in [0.2, 0.25) is 0 Å². The predicted octanol–water partition coefficient (Wildman–Crippen LogP) is 5.46. The summed E-state index contributed by atoms with van der Waals surface area (Å²) >= 11 is 0. The Morgan fingerprint density at radius 1 is 0.889 bits per heavy atom. The monoisotopic (exact) mass is 367 g/mol.